The molecule has 0 radical (unpaired) electrons. The van der Waals surface area contributed by atoms with Crippen LogP contribution in [0.4, 0.5) is 10.1 Å². The van der Waals surface area contributed by atoms with Crippen LogP contribution in [-0.4, -0.2) is 25.7 Å². The number of piperazine rings is 1. The second-order valence-corrected chi connectivity index (χ2v) is 6.41. The van der Waals surface area contributed by atoms with E-state index in [2.05, 4.69) is 10.2 Å². The normalized spacial score (nSPS) is 24.9. The lowest BCUT2D eigenvalue weighted by molar-refractivity contribution is 0.257. The number of benzene rings is 1. The van der Waals surface area contributed by atoms with Crippen molar-refractivity contribution in [1.29, 1.82) is 0 Å². The lowest BCUT2D eigenvalue weighted by Crippen LogP contribution is -2.54. The van der Waals surface area contributed by atoms with Crippen molar-refractivity contribution >= 4 is 17.3 Å². The maximum absolute atomic E-state index is 13.5. The molecule has 1 saturated heterocycles. The van der Waals surface area contributed by atoms with E-state index in [0.29, 0.717) is 11.1 Å². The quantitative estimate of drug-likeness (QED) is 0.892. The van der Waals surface area contributed by atoms with Gasteiger partial charge in [0.25, 0.3) is 0 Å². The van der Waals surface area contributed by atoms with Crippen molar-refractivity contribution in [3.63, 3.8) is 0 Å². The largest absolute Gasteiger partial charge is 0.367 e. The van der Waals surface area contributed by atoms with E-state index < -0.39 is 0 Å². The minimum absolute atomic E-state index is 0.211. The van der Waals surface area contributed by atoms with Gasteiger partial charge in [0.2, 0.25) is 0 Å². The Bertz CT molecular complexity index is 460. The monoisotopic (exact) mass is 296 g/mol. The van der Waals surface area contributed by atoms with E-state index in [9.17, 15) is 4.39 Å². The summed E-state index contributed by atoms with van der Waals surface area (Å²) in [6, 6.07) is 5.16. The van der Waals surface area contributed by atoms with Crippen molar-refractivity contribution in [2.24, 2.45) is 5.92 Å². The molecule has 2 nitrogen and oxygen atoms in total. The Morgan fingerprint density at radius 2 is 2.00 bits per heavy atom. The van der Waals surface area contributed by atoms with E-state index in [1.807, 2.05) is 0 Å². The molecule has 1 aromatic rings. The summed E-state index contributed by atoms with van der Waals surface area (Å²) in [5, 5.41) is 4.29. The van der Waals surface area contributed by atoms with Crippen LogP contribution in [0.15, 0.2) is 18.2 Å². The highest BCUT2D eigenvalue weighted by molar-refractivity contribution is 6.33. The van der Waals surface area contributed by atoms with Crippen LogP contribution in [0.2, 0.25) is 5.02 Å². The summed E-state index contributed by atoms with van der Waals surface area (Å²) in [6.45, 7) is 2.79. The molecular formula is C16H22ClFN2. The van der Waals surface area contributed by atoms with E-state index >= 15 is 0 Å². The zero-order valence-electron chi connectivity index (χ0n) is 11.7. The molecule has 1 saturated carbocycles. The first-order valence-corrected chi connectivity index (χ1v) is 8.05. The molecule has 1 atom stereocenters. The van der Waals surface area contributed by atoms with E-state index in [1.165, 1.54) is 38.2 Å². The highest BCUT2D eigenvalue weighted by Crippen LogP contribution is 2.31. The number of nitrogens with one attached hydrogen (secondary N) is 1. The molecule has 1 heterocycles. The van der Waals surface area contributed by atoms with Gasteiger partial charge in [0.1, 0.15) is 5.82 Å². The summed E-state index contributed by atoms with van der Waals surface area (Å²) in [4.78, 5) is 2.24. The van der Waals surface area contributed by atoms with Gasteiger partial charge in [0, 0.05) is 25.7 Å². The fraction of sp³-hybridized carbons (Fsp3) is 0.625. The minimum atomic E-state index is -0.211. The average molecular weight is 297 g/mol. The van der Waals surface area contributed by atoms with E-state index in [1.54, 1.807) is 12.1 Å². The lowest BCUT2D eigenvalue weighted by Gasteiger charge is -2.40. The summed E-state index contributed by atoms with van der Waals surface area (Å²) >= 11 is 6.23. The molecule has 3 rings (SSSR count). The Labute approximate surface area is 125 Å². The van der Waals surface area contributed by atoms with Crippen molar-refractivity contribution in [2.75, 3.05) is 24.5 Å². The topological polar surface area (TPSA) is 15.3 Å². The second kappa shape index (κ2) is 6.31. The third kappa shape index (κ3) is 3.09. The summed E-state index contributed by atoms with van der Waals surface area (Å²) in [6.07, 6.45) is 6.72. The Hall–Kier alpha value is -0.800. The fourth-order valence-electron chi connectivity index (χ4n) is 3.58. The summed E-state index contributed by atoms with van der Waals surface area (Å²) < 4.78 is 13.5. The van der Waals surface area contributed by atoms with E-state index in [0.717, 1.165) is 31.2 Å². The van der Waals surface area contributed by atoms with Crippen molar-refractivity contribution < 1.29 is 4.39 Å². The average Bonchev–Trinajstić information content (AvgIpc) is 2.51. The zero-order chi connectivity index (χ0) is 13.9. The van der Waals surface area contributed by atoms with Gasteiger partial charge in [0.15, 0.2) is 0 Å². The Morgan fingerprint density at radius 3 is 2.80 bits per heavy atom. The predicted molar refractivity (Wildman–Crippen MR) is 82.0 cm³/mol. The summed E-state index contributed by atoms with van der Waals surface area (Å²) in [5.41, 5.74) is 0.842. The number of halogens is 2. The van der Waals surface area contributed by atoms with Gasteiger partial charge in [0.05, 0.1) is 10.7 Å². The van der Waals surface area contributed by atoms with Crippen molar-refractivity contribution in [1.82, 2.24) is 5.32 Å². The van der Waals surface area contributed by atoms with Gasteiger partial charge in [-0.15, -0.1) is 0 Å². The van der Waals surface area contributed by atoms with E-state index in [-0.39, 0.29) is 5.82 Å². The van der Waals surface area contributed by atoms with Gasteiger partial charge in [-0.3, -0.25) is 0 Å². The van der Waals surface area contributed by atoms with Gasteiger partial charge in [-0.2, -0.15) is 0 Å². The van der Waals surface area contributed by atoms with Crippen LogP contribution in [0, 0.1) is 11.7 Å². The first kappa shape index (κ1) is 14.2. The molecule has 4 heteroatoms. The van der Waals surface area contributed by atoms with Crippen LogP contribution >= 0.6 is 11.6 Å². The molecular weight excluding hydrogens is 275 g/mol. The molecule has 1 aliphatic heterocycles. The number of rotatable bonds is 2. The standard InChI is InChI=1S/C16H22ClFN2/c17-14-7-6-13(18)10-16(14)20-9-8-19-15(11-20)12-4-2-1-3-5-12/h6-7,10,12,15,19H,1-5,8-9,11H2. The minimum Gasteiger partial charge on any atom is -0.367 e. The smallest absolute Gasteiger partial charge is 0.125 e. The molecule has 0 bridgehead atoms. The highest BCUT2D eigenvalue weighted by atomic mass is 35.5. The third-order valence-electron chi connectivity index (χ3n) is 4.67. The molecule has 1 unspecified atom stereocenters. The number of hydrogen-bond donors (Lipinski definition) is 1. The van der Waals surface area contributed by atoms with Gasteiger partial charge < -0.3 is 10.2 Å². The van der Waals surface area contributed by atoms with Crippen LogP contribution in [0.3, 0.4) is 0 Å². The highest BCUT2D eigenvalue weighted by Gasteiger charge is 2.28. The van der Waals surface area contributed by atoms with Gasteiger partial charge in [-0.25, -0.2) is 4.39 Å². The second-order valence-electron chi connectivity index (χ2n) is 6.00. The lowest BCUT2D eigenvalue weighted by atomic mass is 9.83. The van der Waals surface area contributed by atoms with Crippen LogP contribution in [0.1, 0.15) is 32.1 Å². The molecule has 2 aliphatic rings. The first-order chi connectivity index (χ1) is 9.74. The number of anilines is 1. The fourth-order valence-corrected chi connectivity index (χ4v) is 3.81. The molecule has 0 aromatic heterocycles. The molecule has 2 fully saturated rings. The number of hydrogen-bond acceptors (Lipinski definition) is 2. The van der Waals surface area contributed by atoms with Gasteiger partial charge >= 0.3 is 0 Å². The van der Waals surface area contributed by atoms with Crippen LogP contribution in [0.25, 0.3) is 0 Å². The molecule has 1 aliphatic carbocycles. The molecule has 1 aromatic carbocycles. The van der Waals surface area contributed by atoms with E-state index in [4.69, 9.17) is 11.6 Å². The summed E-state index contributed by atoms with van der Waals surface area (Å²) in [7, 11) is 0. The van der Waals surface area contributed by atoms with Gasteiger partial charge in [-0.05, 0) is 37.0 Å². The zero-order valence-corrected chi connectivity index (χ0v) is 12.5. The molecule has 110 valence electrons. The number of nitrogens with zero attached hydrogens (tertiary/aromatic N) is 1. The molecule has 0 amide bonds. The molecule has 20 heavy (non-hydrogen) atoms. The molecule has 0 spiro atoms. The maximum Gasteiger partial charge on any atom is 0.125 e. The maximum atomic E-state index is 13.5. The van der Waals surface area contributed by atoms with Crippen LogP contribution < -0.4 is 10.2 Å². The Balaban J connectivity index is 1.72. The van der Waals surface area contributed by atoms with Crippen LogP contribution in [0.5, 0.6) is 0 Å². The Morgan fingerprint density at radius 1 is 1.20 bits per heavy atom. The SMILES string of the molecule is Fc1ccc(Cl)c(N2CCNC(C3CCCCC3)C2)c1. The molecule has 1 N–H and O–H groups in total. The predicted octanol–water partition coefficient (Wildman–Crippen LogP) is 3.84. The van der Waals surface area contributed by atoms with Crippen molar-refractivity contribution in [3.05, 3.63) is 29.0 Å². The van der Waals surface area contributed by atoms with Gasteiger partial charge in [-0.1, -0.05) is 30.9 Å². The van der Waals surface area contributed by atoms with Crippen molar-refractivity contribution in [2.45, 2.75) is 38.1 Å². The third-order valence-corrected chi connectivity index (χ3v) is 4.99. The first-order valence-electron chi connectivity index (χ1n) is 7.67. The van der Waals surface area contributed by atoms with Crippen molar-refractivity contribution in [3.8, 4) is 0 Å². The summed E-state index contributed by atoms with van der Waals surface area (Å²) in [5.74, 6) is 0.552. The Kier molecular flexibility index (Phi) is 4.47. The van der Waals surface area contributed by atoms with Crippen LogP contribution in [-0.2, 0) is 0 Å².